The quantitative estimate of drug-likeness (QED) is 0.803. The summed E-state index contributed by atoms with van der Waals surface area (Å²) in [6.07, 6.45) is 0. The van der Waals surface area contributed by atoms with Gasteiger partial charge in [-0.25, -0.2) is 13.2 Å². The molecule has 0 aromatic heterocycles. The summed E-state index contributed by atoms with van der Waals surface area (Å²) >= 11 is 0. The number of ether oxygens (including phenoxy) is 1. The lowest BCUT2D eigenvalue weighted by molar-refractivity contribution is -0.126. The van der Waals surface area contributed by atoms with Crippen LogP contribution in [0, 0.1) is 5.82 Å². The summed E-state index contributed by atoms with van der Waals surface area (Å²) in [5.74, 6) is -4.99. The molecule has 18 heavy (non-hydrogen) atoms. The summed E-state index contributed by atoms with van der Waals surface area (Å²) in [6, 6.07) is 5.42. The average molecular weight is 263 g/mol. The van der Waals surface area contributed by atoms with Crippen molar-refractivity contribution in [1.82, 2.24) is 5.32 Å². The topological polar surface area (TPSA) is 58.6 Å². The number of alkyl halides is 2. The first kappa shape index (κ1) is 14.3. The van der Waals surface area contributed by atoms with Gasteiger partial charge in [-0.1, -0.05) is 12.1 Å². The lowest BCUT2D eigenvalue weighted by atomic mass is 10.3. The van der Waals surface area contributed by atoms with E-state index in [9.17, 15) is 18.0 Å². The highest BCUT2D eigenvalue weighted by Gasteiger charge is 2.28. The second-order valence-electron chi connectivity index (χ2n) is 3.51. The van der Waals surface area contributed by atoms with Crippen molar-refractivity contribution < 1.29 is 27.8 Å². The Kier molecular flexibility index (Phi) is 4.96. The number of benzene rings is 1. The van der Waals surface area contributed by atoms with E-state index in [1.54, 1.807) is 0 Å². The Morgan fingerprint density at radius 1 is 1.39 bits per heavy atom. The van der Waals surface area contributed by atoms with Gasteiger partial charge in [-0.05, 0) is 12.1 Å². The van der Waals surface area contributed by atoms with Crippen molar-refractivity contribution in [2.45, 2.75) is 5.92 Å². The maximum atomic E-state index is 13.1. The molecule has 1 aromatic carbocycles. The highest BCUT2D eigenvalue weighted by Crippen LogP contribution is 2.15. The van der Waals surface area contributed by atoms with Crippen molar-refractivity contribution in [3.63, 3.8) is 0 Å². The molecule has 7 heteroatoms. The van der Waals surface area contributed by atoms with Gasteiger partial charge in [0, 0.05) is 0 Å². The minimum absolute atomic E-state index is 0.137. The molecule has 0 spiro atoms. The van der Waals surface area contributed by atoms with E-state index in [1.165, 1.54) is 18.2 Å². The van der Waals surface area contributed by atoms with Gasteiger partial charge < -0.3 is 15.2 Å². The Hall–Kier alpha value is -1.76. The number of amides is 1. The Balaban J connectivity index is 2.36. The number of aliphatic hydroxyl groups is 1. The second kappa shape index (κ2) is 6.25. The van der Waals surface area contributed by atoms with Crippen molar-refractivity contribution in [1.29, 1.82) is 0 Å². The van der Waals surface area contributed by atoms with Crippen LogP contribution in [0.3, 0.4) is 0 Å². The van der Waals surface area contributed by atoms with E-state index in [4.69, 9.17) is 9.84 Å². The van der Waals surface area contributed by atoms with Gasteiger partial charge in [0.25, 0.3) is 11.8 Å². The summed E-state index contributed by atoms with van der Waals surface area (Å²) in [6.45, 7) is -2.94. The van der Waals surface area contributed by atoms with Crippen LogP contribution < -0.4 is 10.1 Å². The largest absolute Gasteiger partial charge is 0.481 e. The van der Waals surface area contributed by atoms with Crippen LogP contribution in [0.2, 0.25) is 0 Å². The SMILES string of the molecule is O=C(COc1ccccc1F)NCC(F)(F)CO. The van der Waals surface area contributed by atoms with Gasteiger partial charge in [0.1, 0.15) is 6.61 Å². The Bertz CT molecular complexity index is 412. The molecular formula is C11H12F3NO3. The maximum Gasteiger partial charge on any atom is 0.287 e. The van der Waals surface area contributed by atoms with E-state index in [0.29, 0.717) is 0 Å². The molecule has 100 valence electrons. The number of hydrogen-bond acceptors (Lipinski definition) is 3. The number of rotatable bonds is 6. The zero-order valence-corrected chi connectivity index (χ0v) is 9.33. The molecule has 0 unspecified atom stereocenters. The van der Waals surface area contributed by atoms with Crippen LogP contribution in [0.5, 0.6) is 5.75 Å². The number of halogens is 3. The number of aliphatic hydroxyl groups excluding tert-OH is 1. The summed E-state index contributed by atoms with van der Waals surface area (Å²) in [4.78, 5) is 11.1. The van der Waals surface area contributed by atoms with Gasteiger partial charge in [0.05, 0.1) is 6.54 Å². The van der Waals surface area contributed by atoms with Gasteiger partial charge >= 0.3 is 0 Å². The van der Waals surface area contributed by atoms with Crippen LogP contribution in [-0.4, -0.2) is 36.7 Å². The van der Waals surface area contributed by atoms with Crippen molar-refractivity contribution in [2.75, 3.05) is 19.8 Å². The van der Waals surface area contributed by atoms with E-state index in [-0.39, 0.29) is 5.75 Å². The Morgan fingerprint density at radius 2 is 2.06 bits per heavy atom. The number of para-hydroxylation sites is 1. The number of carbonyl (C=O) groups excluding carboxylic acids is 1. The molecule has 2 N–H and O–H groups in total. The lowest BCUT2D eigenvalue weighted by Gasteiger charge is -2.14. The molecular weight excluding hydrogens is 251 g/mol. The van der Waals surface area contributed by atoms with Gasteiger partial charge in [-0.3, -0.25) is 4.79 Å². The molecule has 0 aliphatic heterocycles. The summed E-state index contributed by atoms with van der Waals surface area (Å²) in [7, 11) is 0. The van der Waals surface area contributed by atoms with Gasteiger partial charge in [0.15, 0.2) is 18.2 Å². The summed E-state index contributed by atoms with van der Waals surface area (Å²) in [5, 5.41) is 10.1. The predicted octanol–water partition coefficient (Wildman–Crippen LogP) is 0.948. The second-order valence-corrected chi connectivity index (χ2v) is 3.51. The fourth-order valence-electron chi connectivity index (χ4n) is 1.04. The molecule has 0 saturated heterocycles. The predicted molar refractivity (Wildman–Crippen MR) is 56.9 cm³/mol. The molecule has 1 aromatic rings. The molecule has 0 fully saturated rings. The molecule has 0 saturated carbocycles. The number of hydrogen-bond donors (Lipinski definition) is 2. The van der Waals surface area contributed by atoms with Crippen LogP contribution in [0.15, 0.2) is 24.3 Å². The van der Waals surface area contributed by atoms with Crippen molar-refractivity contribution in [2.24, 2.45) is 0 Å². The standard InChI is InChI=1S/C11H12F3NO3/c12-8-3-1-2-4-9(8)18-5-10(17)15-6-11(13,14)7-16/h1-4,16H,5-7H2,(H,15,17). The summed E-state index contributed by atoms with van der Waals surface area (Å²) in [5.41, 5.74) is 0. The van der Waals surface area contributed by atoms with E-state index in [2.05, 4.69) is 0 Å². The molecule has 0 bridgehead atoms. The fourth-order valence-corrected chi connectivity index (χ4v) is 1.04. The normalized spacial score (nSPS) is 11.1. The number of nitrogens with one attached hydrogen (secondary N) is 1. The smallest absolute Gasteiger partial charge is 0.287 e. The van der Waals surface area contributed by atoms with Crippen LogP contribution >= 0.6 is 0 Å². The average Bonchev–Trinajstić information content (AvgIpc) is 2.35. The van der Waals surface area contributed by atoms with Gasteiger partial charge in [0.2, 0.25) is 0 Å². The molecule has 0 aliphatic carbocycles. The molecule has 0 heterocycles. The molecule has 1 rings (SSSR count). The first-order valence-corrected chi connectivity index (χ1v) is 5.07. The molecule has 0 atom stereocenters. The highest BCUT2D eigenvalue weighted by molar-refractivity contribution is 5.77. The zero-order valence-electron chi connectivity index (χ0n) is 9.33. The van der Waals surface area contributed by atoms with E-state index >= 15 is 0 Å². The van der Waals surface area contributed by atoms with Crippen molar-refractivity contribution in [3.05, 3.63) is 30.1 Å². The van der Waals surface area contributed by atoms with Gasteiger partial charge in [-0.2, -0.15) is 0 Å². The zero-order chi connectivity index (χ0) is 13.6. The first-order valence-electron chi connectivity index (χ1n) is 5.07. The Morgan fingerprint density at radius 3 is 2.67 bits per heavy atom. The molecule has 0 radical (unpaired) electrons. The van der Waals surface area contributed by atoms with Gasteiger partial charge in [-0.15, -0.1) is 0 Å². The molecule has 4 nitrogen and oxygen atoms in total. The van der Waals surface area contributed by atoms with E-state index in [0.717, 1.165) is 6.07 Å². The highest BCUT2D eigenvalue weighted by atomic mass is 19.3. The fraction of sp³-hybridized carbons (Fsp3) is 0.364. The third-order valence-corrected chi connectivity index (χ3v) is 1.97. The van der Waals surface area contributed by atoms with Crippen molar-refractivity contribution >= 4 is 5.91 Å². The third-order valence-electron chi connectivity index (χ3n) is 1.97. The summed E-state index contributed by atoms with van der Waals surface area (Å²) < 4.78 is 43.0. The third kappa shape index (κ3) is 4.62. The van der Waals surface area contributed by atoms with Crippen LogP contribution in [0.25, 0.3) is 0 Å². The van der Waals surface area contributed by atoms with E-state index in [1.807, 2.05) is 5.32 Å². The van der Waals surface area contributed by atoms with Crippen LogP contribution in [0.4, 0.5) is 13.2 Å². The van der Waals surface area contributed by atoms with Crippen LogP contribution in [-0.2, 0) is 4.79 Å². The maximum absolute atomic E-state index is 13.1. The first-order chi connectivity index (χ1) is 8.44. The minimum atomic E-state index is -3.38. The number of carbonyl (C=O) groups is 1. The lowest BCUT2D eigenvalue weighted by Crippen LogP contribution is -2.40. The molecule has 1 amide bonds. The van der Waals surface area contributed by atoms with Crippen molar-refractivity contribution in [3.8, 4) is 5.75 Å². The Labute approximate surface area is 101 Å². The molecule has 0 aliphatic rings. The minimum Gasteiger partial charge on any atom is -0.481 e. The van der Waals surface area contributed by atoms with E-state index < -0.39 is 37.4 Å². The monoisotopic (exact) mass is 263 g/mol. The van der Waals surface area contributed by atoms with Crippen LogP contribution in [0.1, 0.15) is 0 Å².